The number of halogens is 3. The molecule has 1 aromatic heterocycles. The fourth-order valence-corrected chi connectivity index (χ4v) is 2.82. The summed E-state index contributed by atoms with van der Waals surface area (Å²) in [5, 5.41) is 0. The summed E-state index contributed by atoms with van der Waals surface area (Å²) in [5.41, 5.74) is 2.27. The summed E-state index contributed by atoms with van der Waals surface area (Å²) in [5.74, 6) is -0.603. The van der Waals surface area contributed by atoms with E-state index in [1.165, 1.54) is 6.07 Å². The fourth-order valence-electron chi connectivity index (χ4n) is 2.19. The Morgan fingerprint density at radius 1 is 1.19 bits per heavy atom. The van der Waals surface area contributed by atoms with Crippen molar-refractivity contribution in [3.8, 4) is 0 Å². The second kappa shape index (κ2) is 5.56. The number of rotatable bonds is 3. The zero-order valence-electron chi connectivity index (χ0n) is 11.2. The van der Waals surface area contributed by atoms with E-state index in [0.29, 0.717) is 29.0 Å². The molecule has 0 fully saturated rings. The molecule has 0 aliphatic rings. The van der Waals surface area contributed by atoms with Gasteiger partial charge >= 0.3 is 0 Å². The van der Waals surface area contributed by atoms with Crippen molar-refractivity contribution < 1.29 is 13.2 Å². The summed E-state index contributed by atoms with van der Waals surface area (Å²) in [6.45, 7) is 1.61. The maximum absolute atomic E-state index is 13.9. The average Bonchev–Trinajstić information content (AvgIpc) is 2.84. The third-order valence-corrected chi connectivity index (χ3v) is 4.12. The molecule has 108 valence electrons. The molecular weight excluding hydrogens is 340 g/mol. The summed E-state index contributed by atoms with van der Waals surface area (Å²) in [7, 11) is 0. The lowest BCUT2D eigenvalue weighted by Crippen LogP contribution is -2.01. The Morgan fingerprint density at radius 3 is 2.71 bits per heavy atom. The van der Waals surface area contributed by atoms with E-state index < -0.39 is 11.6 Å². The van der Waals surface area contributed by atoms with Gasteiger partial charge in [-0.15, -0.1) is 0 Å². The monoisotopic (exact) mass is 351 g/mol. The van der Waals surface area contributed by atoms with E-state index in [9.17, 15) is 8.78 Å². The smallest absolute Gasteiger partial charge is 0.196 e. The number of hydrogen-bond acceptors (Lipinski definition) is 2. The first-order valence-electron chi connectivity index (χ1n) is 6.48. The highest BCUT2D eigenvalue weighted by Crippen LogP contribution is 2.31. The number of fused-ring (bicyclic) bond motifs is 1. The van der Waals surface area contributed by atoms with Gasteiger partial charge in [0.2, 0.25) is 0 Å². The van der Waals surface area contributed by atoms with Crippen molar-refractivity contribution in [2.24, 2.45) is 0 Å². The molecule has 2 nitrogen and oxygen atoms in total. The third kappa shape index (κ3) is 2.83. The van der Waals surface area contributed by atoms with E-state index in [0.717, 1.165) is 11.6 Å². The summed E-state index contributed by atoms with van der Waals surface area (Å²) < 4.78 is 32.8. The van der Waals surface area contributed by atoms with E-state index in [-0.39, 0.29) is 4.83 Å². The Morgan fingerprint density at radius 2 is 1.95 bits per heavy atom. The molecule has 0 saturated heterocycles. The maximum Gasteiger partial charge on any atom is 0.196 e. The predicted octanol–water partition coefficient (Wildman–Crippen LogP) is 5.09. The molecule has 1 unspecified atom stereocenters. The first-order valence-corrected chi connectivity index (χ1v) is 7.40. The average molecular weight is 352 g/mol. The summed E-state index contributed by atoms with van der Waals surface area (Å²) in [4.78, 5) is 4.03. The molecule has 1 atom stereocenters. The van der Waals surface area contributed by atoms with Gasteiger partial charge in [-0.25, -0.2) is 13.8 Å². The van der Waals surface area contributed by atoms with Gasteiger partial charge in [0.25, 0.3) is 0 Å². The topological polar surface area (TPSA) is 26.0 Å². The first kappa shape index (κ1) is 14.2. The lowest BCUT2D eigenvalue weighted by molar-refractivity contribution is 0.520. The molecule has 0 bridgehead atoms. The third-order valence-electron chi connectivity index (χ3n) is 3.31. The quantitative estimate of drug-likeness (QED) is 0.614. The Bertz CT molecular complexity index is 767. The Hall–Kier alpha value is -1.75. The minimum Gasteiger partial charge on any atom is -0.441 e. The predicted molar refractivity (Wildman–Crippen MR) is 80.5 cm³/mol. The van der Waals surface area contributed by atoms with Crippen molar-refractivity contribution >= 4 is 27.0 Å². The van der Waals surface area contributed by atoms with Gasteiger partial charge in [0.15, 0.2) is 11.5 Å². The number of hydrogen-bond donors (Lipinski definition) is 0. The number of para-hydroxylation sites is 2. The van der Waals surface area contributed by atoms with Crippen LogP contribution in [0.5, 0.6) is 0 Å². The standard InChI is InChI=1S/C16H12BrF2NO/c1-9-6-10(13(19)8-12(9)18)11(17)7-16-20-14-4-2-3-5-15(14)21-16/h2-6,8,11H,7H2,1H3. The van der Waals surface area contributed by atoms with Crippen LogP contribution in [-0.4, -0.2) is 4.98 Å². The van der Waals surface area contributed by atoms with Crippen molar-refractivity contribution in [3.63, 3.8) is 0 Å². The van der Waals surface area contributed by atoms with Gasteiger partial charge in [-0.1, -0.05) is 28.1 Å². The molecule has 3 rings (SSSR count). The van der Waals surface area contributed by atoms with Crippen LogP contribution in [0.4, 0.5) is 8.78 Å². The lowest BCUT2D eigenvalue weighted by atomic mass is 10.1. The van der Waals surface area contributed by atoms with Gasteiger partial charge in [-0.2, -0.15) is 0 Å². The maximum atomic E-state index is 13.9. The van der Waals surface area contributed by atoms with Gasteiger partial charge in [-0.05, 0) is 30.7 Å². The van der Waals surface area contributed by atoms with E-state index in [1.807, 2.05) is 24.3 Å². The Kier molecular flexibility index (Phi) is 3.76. The summed E-state index contributed by atoms with van der Waals surface area (Å²) in [6, 6.07) is 9.85. The SMILES string of the molecule is Cc1cc(C(Br)Cc2nc3ccccc3o2)c(F)cc1F. The molecule has 0 saturated carbocycles. The van der Waals surface area contributed by atoms with Gasteiger partial charge in [0, 0.05) is 18.1 Å². The Labute approximate surface area is 128 Å². The molecule has 21 heavy (non-hydrogen) atoms. The summed E-state index contributed by atoms with van der Waals surface area (Å²) in [6.07, 6.45) is 0.386. The zero-order chi connectivity index (χ0) is 15.0. The van der Waals surface area contributed by atoms with Gasteiger partial charge < -0.3 is 4.42 Å². The molecule has 0 amide bonds. The number of alkyl halides is 1. The zero-order valence-corrected chi connectivity index (χ0v) is 12.8. The van der Waals surface area contributed by atoms with Crippen LogP contribution < -0.4 is 0 Å². The van der Waals surface area contributed by atoms with E-state index in [2.05, 4.69) is 20.9 Å². The molecule has 0 aliphatic heterocycles. The molecule has 0 aliphatic carbocycles. The lowest BCUT2D eigenvalue weighted by Gasteiger charge is -2.10. The number of aryl methyl sites for hydroxylation is 1. The van der Waals surface area contributed by atoms with Crippen LogP contribution in [-0.2, 0) is 6.42 Å². The number of aromatic nitrogens is 1. The van der Waals surface area contributed by atoms with E-state index >= 15 is 0 Å². The molecule has 0 N–H and O–H groups in total. The Balaban J connectivity index is 1.89. The van der Waals surface area contributed by atoms with Gasteiger partial charge in [0.05, 0.1) is 4.83 Å². The number of benzene rings is 2. The summed E-state index contributed by atoms with van der Waals surface area (Å²) >= 11 is 3.43. The minimum absolute atomic E-state index is 0.329. The fraction of sp³-hybridized carbons (Fsp3) is 0.188. The normalized spacial score (nSPS) is 12.8. The van der Waals surface area contributed by atoms with Crippen molar-refractivity contribution in [1.82, 2.24) is 4.98 Å². The van der Waals surface area contributed by atoms with Crippen LogP contribution in [0.3, 0.4) is 0 Å². The highest BCUT2D eigenvalue weighted by atomic mass is 79.9. The highest BCUT2D eigenvalue weighted by molar-refractivity contribution is 9.09. The van der Waals surface area contributed by atoms with Crippen molar-refractivity contribution in [2.75, 3.05) is 0 Å². The van der Waals surface area contributed by atoms with Crippen molar-refractivity contribution in [2.45, 2.75) is 18.2 Å². The van der Waals surface area contributed by atoms with Crippen LogP contribution >= 0.6 is 15.9 Å². The van der Waals surface area contributed by atoms with Crippen LogP contribution in [0.25, 0.3) is 11.1 Å². The van der Waals surface area contributed by atoms with Crippen LogP contribution in [0.2, 0.25) is 0 Å². The number of nitrogens with zero attached hydrogens (tertiary/aromatic N) is 1. The van der Waals surface area contributed by atoms with Crippen molar-refractivity contribution in [3.05, 3.63) is 65.1 Å². The van der Waals surface area contributed by atoms with Gasteiger partial charge in [0.1, 0.15) is 17.2 Å². The second-order valence-electron chi connectivity index (χ2n) is 4.87. The molecule has 5 heteroatoms. The van der Waals surface area contributed by atoms with Crippen LogP contribution in [0.15, 0.2) is 40.8 Å². The number of oxazole rings is 1. The molecule has 0 spiro atoms. The molecule has 3 aromatic rings. The molecule has 0 radical (unpaired) electrons. The van der Waals surface area contributed by atoms with Gasteiger partial charge in [-0.3, -0.25) is 0 Å². The van der Waals surface area contributed by atoms with E-state index in [1.54, 1.807) is 6.92 Å². The second-order valence-corrected chi connectivity index (χ2v) is 5.98. The minimum atomic E-state index is -0.573. The first-order chi connectivity index (χ1) is 10.0. The molecule has 2 aromatic carbocycles. The highest BCUT2D eigenvalue weighted by Gasteiger charge is 2.18. The van der Waals surface area contributed by atoms with Crippen LogP contribution in [0.1, 0.15) is 21.8 Å². The molecular formula is C16H12BrF2NO. The van der Waals surface area contributed by atoms with Crippen molar-refractivity contribution in [1.29, 1.82) is 0 Å². The van der Waals surface area contributed by atoms with E-state index in [4.69, 9.17) is 4.42 Å². The van der Waals surface area contributed by atoms with Crippen LogP contribution in [0, 0.1) is 18.6 Å². The molecule has 1 heterocycles. The largest absolute Gasteiger partial charge is 0.441 e.